The number of benzene rings is 1. The number of pyridine rings is 1. The van der Waals surface area contributed by atoms with Gasteiger partial charge in [0.15, 0.2) is 0 Å². The Labute approximate surface area is 94.5 Å². The minimum atomic E-state index is -0.0381. The van der Waals surface area contributed by atoms with E-state index in [0.717, 1.165) is 23.0 Å². The number of hydrogen-bond acceptors (Lipinski definition) is 2. The van der Waals surface area contributed by atoms with Gasteiger partial charge in [-0.25, -0.2) is 0 Å². The van der Waals surface area contributed by atoms with Crippen LogP contribution in [0, 0.1) is 0 Å². The van der Waals surface area contributed by atoms with E-state index < -0.39 is 0 Å². The van der Waals surface area contributed by atoms with E-state index in [9.17, 15) is 4.79 Å². The first-order valence-electron chi connectivity index (χ1n) is 5.59. The average Bonchev–Trinajstić information content (AvgIpc) is 2.29. The molecule has 0 amide bonds. The van der Waals surface area contributed by atoms with Crippen molar-refractivity contribution >= 4 is 16.6 Å². The number of H-pyrrole nitrogens is 1. The summed E-state index contributed by atoms with van der Waals surface area (Å²) in [5, 5.41) is 4.97. The Morgan fingerprint density at radius 3 is 2.88 bits per heavy atom. The lowest BCUT2D eigenvalue weighted by molar-refractivity contribution is 0.759. The van der Waals surface area contributed by atoms with E-state index in [-0.39, 0.29) is 5.56 Å². The Hall–Kier alpha value is -1.77. The number of nitrogens with one attached hydrogen (secondary N) is 2. The molecule has 0 aliphatic rings. The monoisotopic (exact) mass is 216 g/mol. The lowest BCUT2D eigenvalue weighted by Gasteiger charge is -2.12. The van der Waals surface area contributed by atoms with Crippen molar-refractivity contribution in [3.63, 3.8) is 0 Å². The van der Waals surface area contributed by atoms with Crippen LogP contribution in [0.3, 0.4) is 0 Å². The van der Waals surface area contributed by atoms with Crippen molar-refractivity contribution in [2.45, 2.75) is 26.3 Å². The zero-order chi connectivity index (χ0) is 11.5. The predicted octanol–water partition coefficient (Wildman–Crippen LogP) is 2.74. The Morgan fingerprint density at radius 1 is 1.38 bits per heavy atom. The van der Waals surface area contributed by atoms with Crippen molar-refractivity contribution in [3.8, 4) is 0 Å². The molecule has 0 aliphatic carbocycles. The second-order valence-corrected chi connectivity index (χ2v) is 4.05. The molecular formula is C13H16N2O. The Bertz CT molecular complexity index is 545. The van der Waals surface area contributed by atoms with Gasteiger partial charge >= 0.3 is 0 Å². The largest absolute Gasteiger partial charge is 0.369 e. The Balaban J connectivity index is 2.46. The van der Waals surface area contributed by atoms with Crippen LogP contribution in [0.15, 0.2) is 35.1 Å². The van der Waals surface area contributed by atoms with E-state index in [2.05, 4.69) is 24.1 Å². The fourth-order valence-corrected chi connectivity index (χ4v) is 1.66. The molecule has 1 aromatic carbocycles. The quantitative estimate of drug-likeness (QED) is 0.828. The van der Waals surface area contributed by atoms with Crippen molar-refractivity contribution in [2.24, 2.45) is 0 Å². The highest BCUT2D eigenvalue weighted by Crippen LogP contribution is 2.13. The molecule has 1 unspecified atom stereocenters. The summed E-state index contributed by atoms with van der Waals surface area (Å²) in [6.45, 7) is 4.20. The highest BCUT2D eigenvalue weighted by Gasteiger charge is 2.03. The summed E-state index contributed by atoms with van der Waals surface area (Å²) in [6.07, 6.45) is 1.02. The molecule has 1 atom stereocenters. The zero-order valence-electron chi connectivity index (χ0n) is 9.58. The van der Waals surface area contributed by atoms with Gasteiger partial charge in [0.1, 0.15) is 5.82 Å². The first kappa shape index (κ1) is 10.7. The van der Waals surface area contributed by atoms with Gasteiger partial charge in [0.25, 0.3) is 5.56 Å². The van der Waals surface area contributed by atoms with Crippen molar-refractivity contribution < 1.29 is 0 Å². The number of hydrogen-bond donors (Lipinski definition) is 2. The zero-order valence-corrected chi connectivity index (χ0v) is 9.58. The normalized spacial score (nSPS) is 12.6. The molecule has 2 aromatic rings. The van der Waals surface area contributed by atoms with E-state index in [1.54, 1.807) is 0 Å². The third-order valence-electron chi connectivity index (χ3n) is 2.77. The number of aromatic nitrogens is 1. The molecule has 84 valence electrons. The average molecular weight is 216 g/mol. The van der Waals surface area contributed by atoms with E-state index >= 15 is 0 Å². The molecule has 16 heavy (non-hydrogen) atoms. The summed E-state index contributed by atoms with van der Waals surface area (Å²) in [5.74, 6) is 0.790. The van der Waals surface area contributed by atoms with Crippen molar-refractivity contribution in [3.05, 3.63) is 40.7 Å². The van der Waals surface area contributed by atoms with E-state index in [1.165, 1.54) is 0 Å². The number of fused-ring (bicyclic) bond motifs is 1. The van der Waals surface area contributed by atoms with Gasteiger partial charge in [-0.1, -0.05) is 25.1 Å². The maximum atomic E-state index is 11.8. The highest BCUT2D eigenvalue weighted by molar-refractivity contribution is 5.83. The van der Waals surface area contributed by atoms with Crippen molar-refractivity contribution in [1.29, 1.82) is 0 Å². The van der Waals surface area contributed by atoms with E-state index in [4.69, 9.17) is 0 Å². The first-order valence-corrected chi connectivity index (χ1v) is 5.59. The van der Waals surface area contributed by atoms with Crippen LogP contribution in [0.2, 0.25) is 0 Å². The molecule has 1 aromatic heterocycles. The molecule has 0 saturated heterocycles. The van der Waals surface area contributed by atoms with Crippen LogP contribution in [-0.2, 0) is 0 Å². The molecule has 1 heterocycles. The minimum Gasteiger partial charge on any atom is -0.369 e. The molecular weight excluding hydrogens is 200 g/mol. The summed E-state index contributed by atoms with van der Waals surface area (Å²) >= 11 is 0. The molecule has 2 rings (SSSR count). The Kier molecular flexibility index (Phi) is 2.95. The van der Waals surface area contributed by atoms with Crippen LogP contribution in [0.1, 0.15) is 20.3 Å². The van der Waals surface area contributed by atoms with Gasteiger partial charge in [-0.05, 0) is 30.9 Å². The smallest absolute Gasteiger partial charge is 0.257 e. The van der Waals surface area contributed by atoms with Crippen molar-refractivity contribution in [1.82, 2.24) is 4.98 Å². The van der Waals surface area contributed by atoms with Gasteiger partial charge < -0.3 is 10.3 Å². The van der Waals surface area contributed by atoms with Gasteiger partial charge in [-0.15, -0.1) is 0 Å². The highest BCUT2D eigenvalue weighted by atomic mass is 16.1. The topological polar surface area (TPSA) is 44.9 Å². The van der Waals surface area contributed by atoms with Gasteiger partial charge in [-0.2, -0.15) is 0 Å². The summed E-state index contributed by atoms with van der Waals surface area (Å²) in [6, 6.07) is 9.93. The third kappa shape index (κ3) is 2.08. The first-order chi connectivity index (χ1) is 7.70. The lowest BCUT2D eigenvalue weighted by atomic mass is 10.1. The Morgan fingerprint density at radius 2 is 2.12 bits per heavy atom. The molecule has 2 N–H and O–H groups in total. The standard InChI is InChI=1S/C13H16N2O/c1-3-9(2)14-12-8-10-6-4-5-7-11(10)13(16)15-12/h4-9H,3H2,1-2H3,(H2,14,15,16). The lowest BCUT2D eigenvalue weighted by Crippen LogP contribution is -2.17. The molecule has 0 aliphatic heterocycles. The summed E-state index contributed by atoms with van der Waals surface area (Å²) in [4.78, 5) is 14.6. The molecule has 0 spiro atoms. The number of anilines is 1. The molecule has 0 fully saturated rings. The maximum absolute atomic E-state index is 11.8. The van der Waals surface area contributed by atoms with Gasteiger partial charge in [0.05, 0.1) is 0 Å². The molecule has 3 nitrogen and oxygen atoms in total. The minimum absolute atomic E-state index is 0.0381. The van der Waals surface area contributed by atoms with Gasteiger partial charge in [0, 0.05) is 11.4 Å². The van der Waals surface area contributed by atoms with E-state index in [0.29, 0.717) is 6.04 Å². The van der Waals surface area contributed by atoms with Crippen molar-refractivity contribution in [2.75, 3.05) is 5.32 Å². The summed E-state index contributed by atoms with van der Waals surface area (Å²) < 4.78 is 0. The fraction of sp³-hybridized carbons (Fsp3) is 0.308. The van der Waals surface area contributed by atoms with Crippen LogP contribution in [0.25, 0.3) is 10.8 Å². The van der Waals surface area contributed by atoms with Crippen LogP contribution >= 0.6 is 0 Å². The maximum Gasteiger partial charge on any atom is 0.257 e. The van der Waals surface area contributed by atoms with Gasteiger partial charge in [0.2, 0.25) is 0 Å². The van der Waals surface area contributed by atoms with Gasteiger partial charge in [-0.3, -0.25) is 4.79 Å². The second-order valence-electron chi connectivity index (χ2n) is 4.05. The summed E-state index contributed by atoms with van der Waals surface area (Å²) in [5.41, 5.74) is -0.0381. The SMILES string of the molecule is CCC(C)Nc1cc2ccccc2c(=O)[nH]1. The second kappa shape index (κ2) is 4.39. The number of aromatic amines is 1. The van der Waals surface area contributed by atoms with Crippen LogP contribution in [0.4, 0.5) is 5.82 Å². The molecule has 0 radical (unpaired) electrons. The number of rotatable bonds is 3. The predicted molar refractivity (Wildman–Crippen MR) is 67.9 cm³/mol. The third-order valence-corrected chi connectivity index (χ3v) is 2.77. The van der Waals surface area contributed by atoms with Crippen LogP contribution in [0.5, 0.6) is 0 Å². The van der Waals surface area contributed by atoms with E-state index in [1.807, 2.05) is 30.3 Å². The molecule has 3 heteroatoms. The van der Waals surface area contributed by atoms with Crippen LogP contribution in [-0.4, -0.2) is 11.0 Å². The molecule has 0 saturated carbocycles. The molecule has 0 bridgehead atoms. The fourth-order valence-electron chi connectivity index (χ4n) is 1.66. The summed E-state index contributed by atoms with van der Waals surface area (Å²) in [7, 11) is 0. The van der Waals surface area contributed by atoms with Crippen LogP contribution < -0.4 is 10.9 Å².